The van der Waals surface area contributed by atoms with E-state index in [9.17, 15) is 19.2 Å². The Kier molecular flexibility index (Phi) is 7.00. The first kappa shape index (κ1) is 20.5. The van der Waals surface area contributed by atoms with Gasteiger partial charge in [0.2, 0.25) is 0 Å². The van der Waals surface area contributed by atoms with Crippen molar-refractivity contribution in [2.24, 2.45) is 5.73 Å². The molecule has 1 fully saturated rings. The summed E-state index contributed by atoms with van der Waals surface area (Å²) in [5, 5.41) is -0.553. The molecule has 144 valence electrons. The van der Waals surface area contributed by atoms with Crippen LogP contribution in [0.3, 0.4) is 0 Å². The second kappa shape index (κ2) is 9.22. The first-order valence-electron chi connectivity index (χ1n) is 8.26. The summed E-state index contributed by atoms with van der Waals surface area (Å²) in [5.74, 6) is -1.52. The van der Waals surface area contributed by atoms with Crippen LogP contribution in [-0.2, 0) is 19.1 Å². The number of primary amides is 1. The van der Waals surface area contributed by atoms with Gasteiger partial charge in [-0.1, -0.05) is 25.1 Å². The van der Waals surface area contributed by atoms with Crippen LogP contribution in [0.4, 0.5) is 4.79 Å². The van der Waals surface area contributed by atoms with Crippen LogP contribution in [-0.4, -0.2) is 47.2 Å². The highest BCUT2D eigenvalue weighted by molar-refractivity contribution is 8.18. The van der Waals surface area contributed by atoms with Crippen molar-refractivity contribution in [3.63, 3.8) is 0 Å². The zero-order valence-electron chi connectivity index (χ0n) is 15.0. The number of amides is 3. The van der Waals surface area contributed by atoms with Gasteiger partial charge in [-0.2, -0.15) is 0 Å². The van der Waals surface area contributed by atoms with Gasteiger partial charge >= 0.3 is 5.97 Å². The Morgan fingerprint density at radius 1 is 1.30 bits per heavy atom. The second-order valence-corrected chi connectivity index (χ2v) is 6.76. The molecule has 1 unspecified atom stereocenters. The van der Waals surface area contributed by atoms with Crippen molar-refractivity contribution in [1.29, 1.82) is 0 Å². The van der Waals surface area contributed by atoms with Crippen molar-refractivity contribution < 1.29 is 28.7 Å². The number of hydrogen-bond donors (Lipinski definition) is 1. The average molecular weight is 392 g/mol. The molecular weight excluding hydrogens is 372 g/mol. The molecule has 1 aliphatic heterocycles. The predicted octanol–water partition coefficient (Wildman–Crippen LogP) is 1.93. The highest BCUT2D eigenvalue weighted by Crippen LogP contribution is 2.33. The van der Waals surface area contributed by atoms with E-state index in [1.54, 1.807) is 31.2 Å². The van der Waals surface area contributed by atoms with Gasteiger partial charge in [0.25, 0.3) is 17.1 Å². The van der Waals surface area contributed by atoms with Crippen LogP contribution >= 0.6 is 11.8 Å². The minimum absolute atomic E-state index is 0.145. The van der Waals surface area contributed by atoms with Gasteiger partial charge in [-0.25, -0.2) is 0 Å². The molecule has 1 aromatic rings. The van der Waals surface area contributed by atoms with E-state index in [0.717, 1.165) is 16.7 Å². The van der Waals surface area contributed by atoms with Crippen LogP contribution in [0.1, 0.15) is 25.8 Å². The van der Waals surface area contributed by atoms with Crippen LogP contribution in [0.5, 0.6) is 5.75 Å². The maximum absolute atomic E-state index is 12.5. The SMILES string of the molecule is CCC(C)OC(=O)CN1C(=O)S/C(=C\c2ccccc2OCC(N)=O)C1=O. The summed E-state index contributed by atoms with van der Waals surface area (Å²) in [6.45, 7) is 2.84. The van der Waals surface area contributed by atoms with Crippen molar-refractivity contribution in [2.75, 3.05) is 13.2 Å². The monoisotopic (exact) mass is 392 g/mol. The molecule has 0 spiro atoms. The minimum Gasteiger partial charge on any atom is -0.483 e. The standard InChI is InChI=1S/C18H20N2O6S/c1-3-11(2)26-16(22)9-20-17(23)14(27-18(20)24)8-12-6-4-5-7-13(12)25-10-15(19)21/h4-8,11H,3,9-10H2,1-2H3,(H2,19,21)/b14-8-. The number of esters is 1. The lowest BCUT2D eigenvalue weighted by Crippen LogP contribution is -2.35. The van der Waals surface area contributed by atoms with Crippen LogP contribution in [0.25, 0.3) is 6.08 Å². The van der Waals surface area contributed by atoms with Crippen molar-refractivity contribution in [2.45, 2.75) is 26.4 Å². The van der Waals surface area contributed by atoms with Crippen molar-refractivity contribution in [3.8, 4) is 5.75 Å². The Labute approximate surface area is 160 Å². The number of nitrogens with two attached hydrogens (primary N) is 1. The van der Waals surface area contributed by atoms with Gasteiger partial charge < -0.3 is 15.2 Å². The number of benzene rings is 1. The third-order valence-electron chi connectivity index (χ3n) is 3.64. The van der Waals surface area contributed by atoms with E-state index in [0.29, 0.717) is 17.7 Å². The Hall–Kier alpha value is -2.81. The summed E-state index contributed by atoms with van der Waals surface area (Å²) >= 11 is 0.720. The Morgan fingerprint density at radius 2 is 2.00 bits per heavy atom. The van der Waals surface area contributed by atoms with Gasteiger partial charge in [-0.3, -0.25) is 24.1 Å². The molecule has 1 aliphatic rings. The molecule has 0 radical (unpaired) electrons. The zero-order chi connectivity index (χ0) is 20.0. The predicted molar refractivity (Wildman–Crippen MR) is 99.7 cm³/mol. The summed E-state index contributed by atoms with van der Waals surface area (Å²) < 4.78 is 10.4. The lowest BCUT2D eigenvalue weighted by Gasteiger charge is -2.14. The summed E-state index contributed by atoms with van der Waals surface area (Å²) in [6.07, 6.45) is 1.82. The molecule has 0 saturated carbocycles. The fourth-order valence-corrected chi connectivity index (χ4v) is 2.96. The van der Waals surface area contributed by atoms with E-state index in [1.807, 2.05) is 6.92 Å². The number of rotatable bonds is 8. The number of ether oxygens (including phenoxy) is 2. The minimum atomic E-state index is -0.641. The maximum atomic E-state index is 12.5. The van der Waals surface area contributed by atoms with Crippen LogP contribution in [0, 0.1) is 0 Å². The Balaban J connectivity index is 2.14. The van der Waals surface area contributed by atoms with Gasteiger partial charge in [-0.15, -0.1) is 0 Å². The molecule has 1 saturated heterocycles. The lowest BCUT2D eigenvalue weighted by molar-refractivity contribution is -0.150. The normalized spacial score (nSPS) is 16.5. The van der Waals surface area contributed by atoms with Crippen molar-refractivity contribution in [3.05, 3.63) is 34.7 Å². The molecule has 27 heavy (non-hydrogen) atoms. The number of imide groups is 1. The zero-order valence-corrected chi connectivity index (χ0v) is 15.8. The van der Waals surface area contributed by atoms with E-state index in [4.69, 9.17) is 15.2 Å². The average Bonchev–Trinajstić information content (AvgIpc) is 2.88. The van der Waals surface area contributed by atoms with Crippen LogP contribution in [0.15, 0.2) is 29.2 Å². The molecule has 8 nitrogen and oxygen atoms in total. The molecule has 1 aromatic carbocycles. The number of carbonyl (C=O) groups excluding carboxylic acids is 4. The van der Waals surface area contributed by atoms with E-state index < -0.39 is 29.6 Å². The topological polar surface area (TPSA) is 116 Å². The number of carbonyl (C=O) groups is 4. The van der Waals surface area contributed by atoms with Crippen molar-refractivity contribution in [1.82, 2.24) is 4.90 Å². The fraction of sp³-hybridized carbons (Fsp3) is 0.333. The Bertz CT molecular complexity index is 792. The third kappa shape index (κ3) is 5.58. The highest BCUT2D eigenvalue weighted by atomic mass is 32.2. The van der Waals surface area contributed by atoms with E-state index >= 15 is 0 Å². The van der Waals surface area contributed by atoms with Gasteiger partial charge in [0.05, 0.1) is 11.0 Å². The molecule has 2 rings (SSSR count). The van der Waals surface area contributed by atoms with Gasteiger partial charge in [0, 0.05) is 5.56 Å². The van der Waals surface area contributed by atoms with Gasteiger partial charge in [0.1, 0.15) is 12.3 Å². The summed E-state index contributed by atoms with van der Waals surface area (Å²) in [6, 6.07) is 6.70. The third-order valence-corrected chi connectivity index (χ3v) is 4.55. The largest absolute Gasteiger partial charge is 0.483 e. The molecule has 1 heterocycles. The van der Waals surface area contributed by atoms with E-state index in [-0.39, 0.29) is 17.6 Å². The summed E-state index contributed by atoms with van der Waals surface area (Å²) in [7, 11) is 0. The lowest BCUT2D eigenvalue weighted by atomic mass is 10.2. The first-order valence-corrected chi connectivity index (χ1v) is 9.08. The molecule has 2 N–H and O–H groups in total. The molecule has 0 aliphatic carbocycles. The van der Waals surface area contributed by atoms with Crippen LogP contribution in [0.2, 0.25) is 0 Å². The molecule has 1 atom stereocenters. The maximum Gasteiger partial charge on any atom is 0.326 e. The number of hydrogen-bond acceptors (Lipinski definition) is 7. The second-order valence-electron chi connectivity index (χ2n) is 5.77. The quantitative estimate of drug-likeness (QED) is 0.531. The smallest absolute Gasteiger partial charge is 0.326 e. The molecule has 0 bridgehead atoms. The van der Waals surface area contributed by atoms with Gasteiger partial charge in [0.15, 0.2) is 6.61 Å². The highest BCUT2D eigenvalue weighted by Gasteiger charge is 2.37. The number of nitrogens with zero attached hydrogens (tertiary/aromatic N) is 1. The summed E-state index contributed by atoms with van der Waals surface area (Å²) in [4.78, 5) is 48.3. The van der Waals surface area contributed by atoms with E-state index in [2.05, 4.69) is 0 Å². The molecular formula is C18H20N2O6S. The molecule has 0 aromatic heterocycles. The molecule has 3 amide bonds. The van der Waals surface area contributed by atoms with Crippen LogP contribution < -0.4 is 10.5 Å². The van der Waals surface area contributed by atoms with E-state index in [1.165, 1.54) is 6.08 Å². The van der Waals surface area contributed by atoms with Crippen molar-refractivity contribution >= 4 is 40.9 Å². The number of para-hydroxylation sites is 1. The number of thioether (sulfide) groups is 1. The molecule has 9 heteroatoms. The van der Waals surface area contributed by atoms with Gasteiger partial charge in [-0.05, 0) is 37.2 Å². The summed E-state index contributed by atoms with van der Waals surface area (Å²) in [5.41, 5.74) is 5.58. The Morgan fingerprint density at radius 3 is 2.67 bits per heavy atom. The fourth-order valence-electron chi connectivity index (χ4n) is 2.13. The first-order chi connectivity index (χ1) is 12.8.